The second-order valence-electron chi connectivity index (χ2n) is 7.69. The smallest absolute Gasteiger partial charge is 0.253 e. The summed E-state index contributed by atoms with van der Waals surface area (Å²) in [4.78, 5) is 19.3. The van der Waals surface area contributed by atoms with Crippen molar-refractivity contribution in [3.8, 4) is 28.6 Å². The maximum atomic E-state index is 12.9. The van der Waals surface area contributed by atoms with E-state index in [1.165, 1.54) is 0 Å². The number of benzene rings is 2. The molecule has 0 radical (unpaired) electrons. The number of ether oxygens (including phenoxy) is 3. The van der Waals surface area contributed by atoms with Crippen LogP contribution in [0.1, 0.15) is 30.1 Å². The van der Waals surface area contributed by atoms with E-state index in [1.54, 1.807) is 33.5 Å². The van der Waals surface area contributed by atoms with Crippen LogP contribution in [0.5, 0.6) is 17.2 Å². The van der Waals surface area contributed by atoms with Crippen molar-refractivity contribution in [2.75, 3.05) is 34.4 Å². The monoisotopic (exact) mass is 439 g/mol. The van der Waals surface area contributed by atoms with E-state index in [0.717, 1.165) is 0 Å². The van der Waals surface area contributed by atoms with Crippen molar-refractivity contribution in [3.05, 3.63) is 53.9 Å². The van der Waals surface area contributed by atoms with Crippen LogP contribution in [0.25, 0.3) is 11.4 Å². The summed E-state index contributed by atoms with van der Waals surface area (Å²) in [5, 5.41) is 4.09. The number of hydrogen-bond acceptors (Lipinski definition) is 7. The van der Waals surface area contributed by atoms with Gasteiger partial charge in [-0.1, -0.05) is 37.2 Å². The molecule has 0 spiro atoms. The van der Waals surface area contributed by atoms with Crippen LogP contribution in [0.2, 0.25) is 0 Å². The molecule has 1 aromatic heterocycles. The van der Waals surface area contributed by atoms with Crippen molar-refractivity contribution in [2.24, 2.45) is 5.92 Å². The molecular formula is C24H29N3O5. The van der Waals surface area contributed by atoms with Gasteiger partial charge in [-0.2, -0.15) is 4.98 Å². The van der Waals surface area contributed by atoms with Crippen LogP contribution in [-0.2, 0) is 6.42 Å². The number of carbonyl (C=O) groups excluding carboxylic acids is 1. The molecule has 0 saturated heterocycles. The molecule has 3 aromatic rings. The Kier molecular flexibility index (Phi) is 7.70. The SMILES string of the molecule is COc1cc(-c2noc(CCN(CC(C)C)C(=O)c3ccccc3)n2)cc(OC)c1OC. The van der Waals surface area contributed by atoms with Gasteiger partial charge in [0.1, 0.15) is 0 Å². The van der Waals surface area contributed by atoms with Crippen LogP contribution >= 0.6 is 0 Å². The van der Waals surface area contributed by atoms with Crippen molar-refractivity contribution < 1.29 is 23.5 Å². The van der Waals surface area contributed by atoms with Gasteiger partial charge in [-0.15, -0.1) is 0 Å². The molecule has 0 aliphatic rings. The summed E-state index contributed by atoms with van der Waals surface area (Å²) in [7, 11) is 4.65. The molecule has 0 aliphatic heterocycles. The standard InChI is InChI=1S/C24H29N3O5/c1-16(2)15-27(24(28)17-9-7-6-8-10-17)12-11-21-25-23(26-32-21)18-13-19(29-3)22(31-5)20(14-18)30-4/h6-10,13-14,16H,11-12,15H2,1-5H3. The third-order valence-electron chi connectivity index (χ3n) is 4.88. The molecule has 32 heavy (non-hydrogen) atoms. The van der Waals surface area contributed by atoms with E-state index in [2.05, 4.69) is 24.0 Å². The molecule has 8 nitrogen and oxygen atoms in total. The third kappa shape index (κ3) is 5.38. The van der Waals surface area contributed by atoms with Gasteiger partial charge in [0.15, 0.2) is 11.5 Å². The largest absolute Gasteiger partial charge is 0.493 e. The lowest BCUT2D eigenvalue weighted by Gasteiger charge is -2.24. The summed E-state index contributed by atoms with van der Waals surface area (Å²) in [6.07, 6.45) is 0.447. The molecule has 0 N–H and O–H groups in total. The van der Waals surface area contributed by atoms with Crippen LogP contribution in [-0.4, -0.2) is 55.4 Å². The Bertz CT molecular complexity index is 1010. The van der Waals surface area contributed by atoms with Crippen LogP contribution in [0.4, 0.5) is 0 Å². The molecule has 0 aliphatic carbocycles. The lowest BCUT2D eigenvalue weighted by Crippen LogP contribution is -2.36. The minimum Gasteiger partial charge on any atom is -0.493 e. The minimum absolute atomic E-state index is 0.0105. The van der Waals surface area contributed by atoms with Gasteiger partial charge >= 0.3 is 0 Å². The number of carbonyl (C=O) groups is 1. The molecular weight excluding hydrogens is 410 g/mol. The van der Waals surface area contributed by atoms with Crippen molar-refractivity contribution in [3.63, 3.8) is 0 Å². The molecule has 0 saturated carbocycles. The normalized spacial score (nSPS) is 10.8. The van der Waals surface area contributed by atoms with Crippen molar-refractivity contribution in [1.82, 2.24) is 15.0 Å². The fraction of sp³-hybridized carbons (Fsp3) is 0.375. The number of hydrogen-bond donors (Lipinski definition) is 0. The fourth-order valence-electron chi connectivity index (χ4n) is 3.39. The zero-order valence-corrected chi connectivity index (χ0v) is 19.1. The predicted octanol–water partition coefficient (Wildman–Crippen LogP) is 4.10. The summed E-state index contributed by atoms with van der Waals surface area (Å²) < 4.78 is 21.6. The highest BCUT2D eigenvalue weighted by atomic mass is 16.5. The van der Waals surface area contributed by atoms with E-state index < -0.39 is 0 Å². The lowest BCUT2D eigenvalue weighted by atomic mass is 10.1. The number of methoxy groups -OCH3 is 3. The maximum Gasteiger partial charge on any atom is 0.253 e. The zero-order valence-electron chi connectivity index (χ0n) is 19.1. The average molecular weight is 440 g/mol. The summed E-state index contributed by atoms with van der Waals surface area (Å²) in [5.74, 6) is 2.68. The molecule has 3 rings (SSSR count). The molecule has 1 amide bonds. The number of nitrogens with zero attached hydrogens (tertiary/aromatic N) is 3. The van der Waals surface area contributed by atoms with E-state index in [0.29, 0.717) is 65.5 Å². The van der Waals surface area contributed by atoms with Crippen LogP contribution < -0.4 is 14.2 Å². The van der Waals surface area contributed by atoms with E-state index >= 15 is 0 Å². The second-order valence-corrected chi connectivity index (χ2v) is 7.69. The Hall–Kier alpha value is -3.55. The number of aromatic nitrogens is 2. The first-order valence-corrected chi connectivity index (χ1v) is 10.4. The molecule has 170 valence electrons. The topological polar surface area (TPSA) is 86.9 Å². The average Bonchev–Trinajstić information content (AvgIpc) is 3.29. The van der Waals surface area contributed by atoms with Gasteiger partial charge in [0.05, 0.1) is 21.3 Å². The number of rotatable bonds is 10. The van der Waals surface area contributed by atoms with Crippen LogP contribution in [0.15, 0.2) is 47.0 Å². The van der Waals surface area contributed by atoms with Crippen molar-refractivity contribution in [1.29, 1.82) is 0 Å². The van der Waals surface area contributed by atoms with Crippen molar-refractivity contribution in [2.45, 2.75) is 20.3 Å². The van der Waals surface area contributed by atoms with E-state index in [1.807, 2.05) is 35.2 Å². The number of amides is 1. The predicted molar refractivity (Wildman–Crippen MR) is 120 cm³/mol. The van der Waals surface area contributed by atoms with Gasteiger partial charge in [-0.05, 0) is 30.2 Å². The summed E-state index contributed by atoms with van der Waals surface area (Å²) in [6.45, 7) is 5.28. The Labute approximate surface area is 188 Å². The van der Waals surface area contributed by atoms with Gasteiger partial charge < -0.3 is 23.6 Å². The second kappa shape index (κ2) is 10.7. The molecule has 0 atom stereocenters. The third-order valence-corrected chi connectivity index (χ3v) is 4.88. The molecule has 1 heterocycles. The Balaban J connectivity index is 1.77. The van der Waals surface area contributed by atoms with Crippen LogP contribution in [0.3, 0.4) is 0 Å². The Morgan fingerprint density at radius 2 is 1.69 bits per heavy atom. The van der Waals surface area contributed by atoms with E-state index in [9.17, 15) is 4.79 Å². The first-order chi connectivity index (χ1) is 15.5. The molecule has 8 heteroatoms. The fourth-order valence-corrected chi connectivity index (χ4v) is 3.39. The van der Waals surface area contributed by atoms with E-state index in [-0.39, 0.29) is 5.91 Å². The van der Waals surface area contributed by atoms with Gasteiger partial charge in [-0.25, -0.2) is 0 Å². The van der Waals surface area contributed by atoms with Gasteiger partial charge in [0, 0.05) is 30.6 Å². The first-order valence-electron chi connectivity index (χ1n) is 10.4. The van der Waals surface area contributed by atoms with Crippen molar-refractivity contribution >= 4 is 5.91 Å². The maximum absolute atomic E-state index is 12.9. The minimum atomic E-state index is -0.0105. The summed E-state index contributed by atoms with van der Waals surface area (Å²) >= 11 is 0. The zero-order chi connectivity index (χ0) is 23.1. The first kappa shape index (κ1) is 23.1. The van der Waals surface area contributed by atoms with Gasteiger partial charge in [0.2, 0.25) is 17.5 Å². The van der Waals surface area contributed by atoms with E-state index in [4.69, 9.17) is 18.7 Å². The van der Waals surface area contributed by atoms with Gasteiger partial charge in [0.25, 0.3) is 5.91 Å². The highest BCUT2D eigenvalue weighted by Crippen LogP contribution is 2.40. The Morgan fingerprint density at radius 3 is 2.25 bits per heavy atom. The molecule has 0 fully saturated rings. The van der Waals surface area contributed by atoms with Gasteiger partial charge in [-0.3, -0.25) is 4.79 Å². The summed E-state index contributed by atoms with van der Waals surface area (Å²) in [5.41, 5.74) is 1.34. The highest BCUT2D eigenvalue weighted by molar-refractivity contribution is 5.94. The highest BCUT2D eigenvalue weighted by Gasteiger charge is 2.20. The molecule has 0 bridgehead atoms. The Morgan fingerprint density at radius 1 is 1.03 bits per heavy atom. The lowest BCUT2D eigenvalue weighted by molar-refractivity contribution is 0.0734. The quantitative estimate of drug-likeness (QED) is 0.470. The van der Waals surface area contributed by atoms with Crippen LogP contribution in [0, 0.1) is 5.92 Å². The summed E-state index contributed by atoms with van der Waals surface area (Å²) in [6, 6.07) is 12.8. The molecule has 2 aromatic carbocycles. The molecule has 0 unspecified atom stereocenters.